The summed E-state index contributed by atoms with van der Waals surface area (Å²) in [5.74, 6) is 2.29. The number of pyridine rings is 1. The van der Waals surface area contributed by atoms with Crippen molar-refractivity contribution in [3.05, 3.63) is 36.0 Å². The summed E-state index contributed by atoms with van der Waals surface area (Å²) < 4.78 is 0. The van der Waals surface area contributed by atoms with Crippen molar-refractivity contribution in [3.63, 3.8) is 0 Å². The molecule has 0 N–H and O–H groups in total. The molecule has 2 nitrogen and oxygen atoms in total. The summed E-state index contributed by atoms with van der Waals surface area (Å²) in [5, 5.41) is 2.47. The van der Waals surface area contributed by atoms with Crippen LogP contribution in [-0.4, -0.2) is 17.6 Å². The third-order valence-electron chi connectivity index (χ3n) is 4.56. The van der Waals surface area contributed by atoms with Crippen LogP contribution in [0.3, 0.4) is 0 Å². The molecule has 1 saturated heterocycles. The van der Waals surface area contributed by atoms with Crippen molar-refractivity contribution in [2.75, 3.05) is 11.4 Å². The van der Waals surface area contributed by atoms with E-state index in [0.29, 0.717) is 17.8 Å². The average molecular weight is 289 g/mol. The average Bonchev–Trinajstić information content (AvgIpc) is 2.49. The molecule has 20 heavy (non-hydrogen) atoms. The van der Waals surface area contributed by atoms with E-state index in [1.54, 1.807) is 0 Å². The second-order valence-corrected chi connectivity index (χ2v) is 6.11. The van der Waals surface area contributed by atoms with Crippen molar-refractivity contribution in [2.24, 2.45) is 5.92 Å². The maximum Gasteiger partial charge on any atom is 0.137 e. The number of anilines is 1. The lowest BCUT2D eigenvalue weighted by molar-refractivity contribution is 0.362. The number of rotatable bonds is 2. The highest BCUT2D eigenvalue weighted by Gasteiger charge is 2.27. The molecule has 1 aliphatic rings. The van der Waals surface area contributed by atoms with Gasteiger partial charge in [-0.15, -0.1) is 11.6 Å². The monoisotopic (exact) mass is 288 g/mol. The summed E-state index contributed by atoms with van der Waals surface area (Å²) >= 11 is 6.02. The van der Waals surface area contributed by atoms with Gasteiger partial charge in [0.2, 0.25) is 0 Å². The molecule has 0 amide bonds. The minimum absolute atomic E-state index is 0.468. The number of aromatic nitrogens is 1. The van der Waals surface area contributed by atoms with E-state index < -0.39 is 0 Å². The first-order valence-corrected chi connectivity index (χ1v) is 7.95. The fourth-order valence-corrected chi connectivity index (χ4v) is 3.29. The molecule has 2 unspecified atom stereocenters. The lowest BCUT2D eigenvalue weighted by Gasteiger charge is -2.39. The van der Waals surface area contributed by atoms with E-state index in [1.807, 2.05) is 0 Å². The molecule has 1 aromatic carbocycles. The van der Waals surface area contributed by atoms with Crippen molar-refractivity contribution in [2.45, 2.75) is 38.6 Å². The Morgan fingerprint density at radius 1 is 1.30 bits per heavy atom. The fraction of sp³-hybridized carbons (Fsp3) is 0.471. The predicted octanol–water partition coefficient (Wildman–Crippen LogP) is 4.60. The van der Waals surface area contributed by atoms with Gasteiger partial charge < -0.3 is 4.90 Å². The number of fused-ring (bicyclic) bond motifs is 1. The van der Waals surface area contributed by atoms with Gasteiger partial charge in [0.05, 0.1) is 11.6 Å². The Balaban J connectivity index is 2.13. The van der Waals surface area contributed by atoms with Crippen LogP contribution in [0.2, 0.25) is 0 Å². The van der Waals surface area contributed by atoms with Crippen LogP contribution in [0.4, 0.5) is 5.82 Å². The SMILES string of the molecule is CC1CCCN(c2nc(CCl)cc3ccccc23)C1C. The first kappa shape index (κ1) is 13.7. The maximum absolute atomic E-state index is 6.02. The Morgan fingerprint density at radius 2 is 2.10 bits per heavy atom. The lowest BCUT2D eigenvalue weighted by atomic mass is 9.91. The van der Waals surface area contributed by atoms with Crippen LogP contribution in [0.15, 0.2) is 30.3 Å². The Kier molecular flexibility index (Phi) is 3.84. The van der Waals surface area contributed by atoms with Crippen LogP contribution in [0.1, 0.15) is 32.4 Å². The Morgan fingerprint density at radius 3 is 2.90 bits per heavy atom. The molecule has 1 aromatic heterocycles. The van der Waals surface area contributed by atoms with Gasteiger partial charge >= 0.3 is 0 Å². The van der Waals surface area contributed by atoms with Crippen LogP contribution in [0.5, 0.6) is 0 Å². The van der Waals surface area contributed by atoms with Crippen molar-refractivity contribution in [3.8, 4) is 0 Å². The van der Waals surface area contributed by atoms with Gasteiger partial charge in [0, 0.05) is 18.0 Å². The van der Waals surface area contributed by atoms with E-state index in [-0.39, 0.29) is 0 Å². The van der Waals surface area contributed by atoms with Crippen LogP contribution in [0, 0.1) is 5.92 Å². The highest BCUT2D eigenvalue weighted by molar-refractivity contribution is 6.17. The third-order valence-corrected chi connectivity index (χ3v) is 4.83. The molecule has 2 aromatic rings. The predicted molar refractivity (Wildman–Crippen MR) is 86.5 cm³/mol. The molecule has 0 bridgehead atoms. The van der Waals surface area contributed by atoms with Gasteiger partial charge in [0.25, 0.3) is 0 Å². The normalized spacial score (nSPS) is 23.2. The molecule has 0 spiro atoms. The number of nitrogens with zero attached hydrogens (tertiary/aromatic N) is 2. The van der Waals surface area contributed by atoms with E-state index >= 15 is 0 Å². The lowest BCUT2D eigenvalue weighted by Crippen LogP contribution is -2.43. The van der Waals surface area contributed by atoms with E-state index in [1.165, 1.54) is 23.6 Å². The van der Waals surface area contributed by atoms with E-state index in [2.05, 4.69) is 49.1 Å². The molecule has 106 valence electrons. The third kappa shape index (κ3) is 2.37. The second kappa shape index (κ2) is 5.61. The first-order valence-electron chi connectivity index (χ1n) is 7.42. The van der Waals surface area contributed by atoms with Crippen molar-refractivity contribution >= 4 is 28.2 Å². The second-order valence-electron chi connectivity index (χ2n) is 5.85. The topological polar surface area (TPSA) is 16.1 Å². The molecular weight excluding hydrogens is 268 g/mol. The summed E-state index contributed by atoms with van der Waals surface area (Å²) in [6.45, 7) is 5.74. The van der Waals surface area contributed by atoms with Gasteiger partial charge in [0.15, 0.2) is 0 Å². The van der Waals surface area contributed by atoms with Gasteiger partial charge in [-0.3, -0.25) is 0 Å². The molecule has 0 saturated carbocycles. The summed E-state index contributed by atoms with van der Waals surface area (Å²) in [7, 11) is 0. The molecule has 1 fully saturated rings. The van der Waals surface area contributed by atoms with Gasteiger partial charge in [-0.1, -0.05) is 31.2 Å². The Hall–Kier alpha value is -1.28. The maximum atomic E-state index is 6.02. The van der Waals surface area contributed by atoms with E-state index in [4.69, 9.17) is 16.6 Å². The molecular formula is C17H21ClN2. The fourth-order valence-electron chi connectivity index (χ4n) is 3.16. The molecule has 3 rings (SSSR count). The number of hydrogen-bond donors (Lipinski definition) is 0. The molecule has 3 heteroatoms. The number of hydrogen-bond acceptors (Lipinski definition) is 2. The van der Waals surface area contributed by atoms with Crippen molar-refractivity contribution in [1.82, 2.24) is 4.98 Å². The van der Waals surface area contributed by atoms with Gasteiger partial charge in [0.1, 0.15) is 5.82 Å². The Bertz CT molecular complexity index is 611. The zero-order valence-electron chi connectivity index (χ0n) is 12.1. The van der Waals surface area contributed by atoms with Gasteiger partial charge in [-0.25, -0.2) is 4.98 Å². The van der Waals surface area contributed by atoms with E-state index in [9.17, 15) is 0 Å². The summed E-state index contributed by atoms with van der Waals surface area (Å²) in [5.41, 5.74) is 0.964. The highest BCUT2D eigenvalue weighted by Crippen LogP contribution is 2.32. The van der Waals surface area contributed by atoms with E-state index in [0.717, 1.165) is 18.1 Å². The van der Waals surface area contributed by atoms with Gasteiger partial charge in [-0.05, 0) is 37.1 Å². The highest BCUT2D eigenvalue weighted by atomic mass is 35.5. The number of piperidine rings is 1. The zero-order valence-corrected chi connectivity index (χ0v) is 12.9. The molecule has 0 aliphatic carbocycles. The molecule has 1 aliphatic heterocycles. The molecule has 2 heterocycles. The number of alkyl halides is 1. The smallest absolute Gasteiger partial charge is 0.137 e. The van der Waals surface area contributed by atoms with Crippen LogP contribution >= 0.6 is 11.6 Å². The molecule has 2 atom stereocenters. The summed E-state index contributed by atoms with van der Waals surface area (Å²) in [6, 6.07) is 11.1. The number of benzene rings is 1. The summed E-state index contributed by atoms with van der Waals surface area (Å²) in [4.78, 5) is 7.29. The van der Waals surface area contributed by atoms with Crippen LogP contribution < -0.4 is 4.90 Å². The minimum atomic E-state index is 0.468. The van der Waals surface area contributed by atoms with Crippen molar-refractivity contribution < 1.29 is 0 Å². The first-order chi connectivity index (χ1) is 9.70. The van der Waals surface area contributed by atoms with Crippen molar-refractivity contribution in [1.29, 1.82) is 0 Å². The Labute approximate surface area is 125 Å². The van der Waals surface area contributed by atoms with Gasteiger partial charge in [-0.2, -0.15) is 0 Å². The zero-order chi connectivity index (χ0) is 14.1. The van der Waals surface area contributed by atoms with Crippen LogP contribution in [0.25, 0.3) is 10.8 Å². The minimum Gasteiger partial charge on any atom is -0.353 e. The summed E-state index contributed by atoms with van der Waals surface area (Å²) in [6.07, 6.45) is 2.55. The standard InChI is InChI=1S/C17H21ClN2/c1-12-6-5-9-20(13(12)2)17-16-8-4-3-7-14(16)10-15(11-18)19-17/h3-4,7-8,10,12-13H,5-6,9,11H2,1-2H3. The van der Waals surface area contributed by atoms with Crippen LogP contribution in [-0.2, 0) is 5.88 Å². The molecule has 0 radical (unpaired) electrons. The largest absolute Gasteiger partial charge is 0.353 e. The quantitative estimate of drug-likeness (QED) is 0.751. The number of halogens is 1.